The summed E-state index contributed by atoms with van der Waals surface area (Å²) in [5, 5.41) is 0. The van der Waals surface area contributed by atoms with E-state index in [4.69, 9.17) is 4.55 Å². The van der Waals surface area contributed by atoms with Gasteiger partial charge in [0.1, 0.15) is 0 Å². The van der Waals surface area contributed by atoms with Crippen LogP contribution in [0.2, 0.25) is 0 Å². The smallest absolute Gasteiger partial charge is 0.268 e. The van der Waals surface area contributed by atoms with Crippen molar-refractivity contribution in [1.82, 2.24) is 0 Å². The van der Waals surface area contributed by atoms with Crippen LogP contribution in [0, 0.1) is 0 Å². The first kappa shape index (κ1) is 11.4. The molecule has 0 heterocycles. The zero-order chi connectivity index (χ0) is 9.61. The van der Waals surface area contributed by atoms with Gasteiger partial charge in [-0.1, -0.05) is 23.8 Å². The first-order valence-corrected chi connectivity index (χ1v) is 5.28. The molecule has 0 saturated heterocycles. The summed E-state index contributed by atoms with van der Waals surface area (Å²) in [7, 11) is -3.84. The summed E-state index contributed by atoms with van der Waals surface area (Å²) < 4.78 is 28.8. The van der Waals surface area contributed by atoms with Crippen molar-refractivity contribution < 1.29 is 13.0 Å². The number of hydrogen-bond acceptors (Lipinski definition) is 2. The third-order valence-electron chi connectivity index (χ3n) is 1.41. The quantitative estimate of drug-likeness (QED) is 0.543. The van der Waals surface area contributed by atoms with Gasteiger partial charge >= 0.3 is 0 Å². The van der Waals surface area contributed by atoms with E-state index >= 15 is 0 Å². The maximum Gasteiger partial charge on any atom is 0.268 e. The Morgan fingerprint density at radius 3 is 2.42 bits per heavy atom. The highest BCUT2D eigenvalue weighted by atomic mass is 32.2. The number of allylic oxidation sites excluding steroid dienone is 3. The highest BCUT2D eigenvalue weighted by molar-refractivity contribution is 7.85. The Morgan fingerprint density at radius 1 is 1.42 bits per heavy atom. The molecule has 0 spiro atoms. The molecule has 0 fully saturated rings. The molecule has 0 amide bonds. The maximum atomic E-state index is 10.2. The number of hydrogen-bond donors (Lipinski definition) is 1. The van der Waals surface area contributed by atoms with Crippen molar-refractivity contribution in [3.05, 3.63) is 23.8 Å². The molecule has 0 bridgehead atoms. The minimum Gasteiger partial charge on any atom is -0.285 e. The van der Waals surface area contributed by atoms with E-state index in [1.54, 1.807) is 6.08 Å². The van der Waals surface area contributed by atoms with Crippen LogP contribution in [0.15, 0.2) is 23.8 Å². The largest absolute Gasteiger partial charge is 0.285 e. The molecule has 0 radical (unpaired) electrons. The monoisotopic (exact) mass is 190 g/mol. The third kappa shape index (κ3) is 7.50. The molecular formula is C8H14O3S. The molecule has 0 aliphatic rings. The Bertz CT molecular complexity index is 273. The normalized spacial score (nSPS) is 14.1. The Labute approximate surface area is 73.5 Å². The second-order valence-corrected chi connectivity index (χ2v) is 4.06. The summed E-state index contributed by atoms with van der Waals surface area (Å²) in [6.45, 7) is 3.88. The van der Waals surface area contributed by atoms with Crippen LogP contribution in [0.5, 0.6) is 0 Å². The predicted molar refractivity (Wildman–Crippen MR) is 49.6 cm³/mol. The summed E-state index contributed by atoms with van der Waals surface area (Å²) in [6.07, 6.45) is 5.86. The first-order valence-electron chi connectivity index (χ1n) is 3.67. The molecule has 0 aliphatic heterocycles. The van der Waals surface area contributed by atoms with Crippen molar-refractivity contribution in [2.24, 2.45) is 0 Å². The van der Waals surface area contributed by atoms with Crippen molar-refractivity contribution in [2.75, 3.05) is 5.75 Å². The molecule has 3 nitrogen and oxygen atoms in total. The van der Waals surface area contributed by atoms with E-state index in [-0.39, 0.29) is 5.75 Å². The van der Waals surface area contributed by atoms with Gasteiger partial charge in [0, 0.05) is 0 Å². The van der Waals surface area contributed by atoms with Crippen LogP contribution in [0.1, 0.15) is 20.3 Å². The fourth-order valence-corrected chi connectivity index (χ4v) is 0.956. The van der Waals surface area contributed by atoms with E-state index in [2.05, 4.69) is 0 Å². The lowest BCUT2D eigenvalue weighted by molar-refractivity contribution is 0.486. The van der Waals surface area contributed by atoms with Crippen LogP contribution in [0.25, 0.3) is 0 Å². The Kier molecular flexibility index (Phi) is 4.85. The molecule has 0 aromatic heterocycles. The van der Waals surface area contributed by atoms with Gasteiger partial charge in [0.25, 0.3) is 10.1 Å². The van der Waals surface area contributed by atoms with Crippen molar-refractivity contribution in [2.45, 2.75) is 20.3 Å². The number of rotatable bonds is 4. The summed E-state index contributed by atoms with van der Waals surface area (Å²) in [4.78, 5) is 0. The van der Waals surface area contributed by atoms with E-state index in [9.17, 15) is 8.42 Å². The molecule has 0 atom stereocenters. The van der Waals surface area contributed by atoms with Gasteiger partial charge in [0.2, 0.25) is 0 Å². The molecule has 0 aromatic rings. The minimum atomic E-state index is -3.84. The van der Waals surface area contributed by atoms with E-state index < -0.39 is 10.1 Å². The van der Waals surface area contributed by atoms with Crippen molar-refractivity contribution in [3.8, 4) is 0 Å². The van der Waals surface area contributed by atoms with Gasteiger partial charge in [-0.3, -0.25) is 4.55 Å². The van der Waals surface area contributed by atoms with Crippen LogP contribution in [0.4, 0.5) is 0 Å². The van der Waals surface area contributed by atoms with Crippen LogP contribution in [-0.4, -0.2) is 18.7 Å². The molecule has 70 valence electrons. The molecule has 0 saturated carbocycles. The fraction of sp³-hybridized carbons (Fsp3) is 0.500. The van der Waals surface area contributed by atoms with Crippen LogP contribution < -0.4 is 0 Å². The minimum absolute atomic E-state index is 0.302. The van der Waals surface area contributed by atoms with E-state index in [0.29, 0.717) is 0 Å². The first-order chi connectivity index (χ1) is 5.45. The molecule has 1 N–H and O–H groups in total. The lowest BCUT2D eigenvalue weighted by atomic mass is 10.2. The van der Waals surface area contributed by atoms with Crippen LogP contribution in [0.3, 0.4) is 0 Å². The van der Waals surface area contributed by atoms with Gasteiger partial charge in [-0.05, 0) is 20.3 Å². The standard InChI is InChI=1S/C8H14O3S/c1-3-8(2)6-4-5-7-12(9,10)11/h3-5H,6-7H2,1-2H3,(H,9,10,11). The van der Waals surface area contributed by atoms with Gasteiger partial charge < -0.3 is 0 Å². The zero-order valence-corrected chi connectivity index (χ0v) is 8.13. The van der Waals surface area contributed by atoms with Gasteiger partial charge in [0.05, 0.1) is 5.75 Å². The molecule has 0 aromatic carbocycles. The third-order valence-corrected chi connectivity index (χ3v) is 2.02. The molecule has 0 aliphatic carbocycles. The Hall–Kier alpha value is -0.610. The second-order valence-electron chi connectivity index (χ2n) is 2.56. The average Bonchev–Trinajstić information content (AvgIpc) is 1.96. The zero-order valence-electron chi connectivity index (χ0n) is 7.32. The predicted octanol–water partition coefficient (Wildman–Crippen LogP) is 1.79. The average molecular weight is 190 g/mol. The van der Waals surface area contributed by atoms with Gasteiger partial charge in [-0.25, -0.2) is 0 Å². The van der Waals surface area contributed by atoms with Crippen molar-refractivity contribution in [1.29, 1.82) is 0 Å². The lowest BCUT2D eigenvalue weighted by Crippen LogP contribution is -2.00. The molecule has 4 heteroatoms. The fourth-order valence-electron chi connectivity index (χ4n) is 0.577. The van der Waals surface area contributed by atoms with Crippen molar-refractivity contribution >= 4 is 10.1 Å². The van der Waals surface area contributed by atoms with Gasteiger partial charge in [-0.15, -0.1) is 0 Å². The topological polar surface area (TPSA) is 54.4 Å². The Balaban J connectivity index is 3.81. The van der Waals surface area contributed by atoms with Gasteiger partial charge in [0.15, 0.2) is 0 Å². The second kappa shape index (κ2) is 5.11. The van der Waals surface area contributed by atoms with Crippen LogP contribution >= 0.6 is 0 Å². The SMILES string of the molecule is CC=C(C)CC=CCS(=O)(=O)O. The summed E-state index contributed by atoms with van der Waals surface area (Å²) in [5.74, 6) is -0.302. The highest BCUT2D eigenvalue weighted by Crippen LogP contribution is 1.99. The summed E-state index contributed by atoms with van der Waals surface area (Å²) >= 11 is 0. The highest BCUT2D eigenvalue weighted by Gasteiger charge is 1.97. The van der Waals surface area contributed by atoms with Gasteiger partial charge in [-0.2, -0.15) is 8.42 Å². The van der Waals surface area contributed by atoms with E-state index in [0.717, 1.165) is 6.42 Å². The Morgan fingerprint density at radius 2 is 2.00 bits per heavy atom. The summed E-state index contributed by atoms with van der Waals surface area (Å²) in [5.41, 5.74) is 1.17. The lowest BCUT2D eigenvalue weighted by Gasteiger charge is -1.91. The summed E-state index contributed by atoms with van der Waals surface area (Å²) in [6, 6.07) is 0. The maximum absolute atomic E-state index is 10.2. The van der Waals surface area contributed by atoms with Crippen molar-refractivity contribution in [3.63, 3.8) is 0 Å². The molecule has 12 heavy (non-hydrogen) atoms. The van der Waals surface area contributed by atoms with E-state index in [1.165, 1.54) is 11.6 Å². The molecule has 0 unspecified atom stereocenters. The molecule has 0 rings (SSSR count). The van der Waals surface area contributed by atoms with E-state index in [1.807, 2.05) is 19.9 Å². The van der Waals surface area contributed by atoms with Crippen LogP contribution in [-0.2, 0) is 10.1 Å². The molecular weight excluding hydrogens is 176 g/mol.